The summed E-state index contributed by atoms with van der Waals surface area (Å²) in [6.07, 6.45) is 2.11. The Morgan fingerprint density at radius 1 is 1.69 bits per heavy atom. The minimum atomic E-state index is -0.829. The van der Waals surface area contributed by atoms with Gasteiger partial charge in [0.25, 0.3) is 0 Å². The van der Waals surface area contributed by atoms with Crippen molar-refractivity contribution in [1.82, 2.24) is 0 Å². The standard InChI is InChI=1S/C10H15NO2/c1-8(2)3-4-10(7-11)5-6-13-9(10)12/h8H,3-6H2,1-2H3. The van der Waals surface area contributed by atoms with Gasteiger partial charge in [-0.15, -0.1) is 0 Å². The second-order valence-corrected chi connectivity index (χ2v) is 4.01. The maximum atomic E-state index is 11.3. The van der Waals surface area contributed by atoms with Crippen LogP contribution in [0.25, 0.3) is 0 Å². The third kappa shape index (κ3) is 2.00. The number of hydrogen-bond donors (Lipinski definition) is 0. The first-order chi connectivity index (χ1) is 6.10. The van der Waals surface area contributed by atoms with Gasteiger partial charge in [0.05, 0.1) is 12.7 Å². The number of esters is 1. The fraction of sp³-hybridized carbons (Fsp3) is 0.800. The molecule has 3 nitrogen and oxygen atoms in total. The Bertz CT molecular complexity index is 242. The first-order valence-corrected chi connectivity index (χ1v) is 4.69. The summed E-state index contributed by atoms with van der Waals surface area (Å²) in [5.74, 6) is 0.203. The van der Waals surface area contributed by atoms with Crippen LogP contribution in [0.3, 0.4) is 0 Å². The smallest absolute Gasteiger partial charge is 0.326 e. The molecule has 0 aromatic rings. The van der Waals surface area contributed by atoms with Gasteiger partial charge in [0.2, 0.25) is 0 Å². The van der Waals surface area contributed by atoms with E-state index in [2.05, 4.69) is 19.9 Å². The van der Waals surface area contributed by atoms with Gasteiger partial charge in [-0.1, -0.05) is 13.8 Å². The molecule has 0 bridgehead atoms. The van der Waals surface area contributed by atoms with Crippen LogP contribution in [-0.2, 0) is 9.53 Å². The van der Waals surface area contributed by atoms with Crippen molar-refractivity contribution in [3.63, 3.8) is 0 Å². The predicted molar refractivity (Wildman–Crippen MR) is 47.7 cm³/mol. The summed E-state index contributed by atoms with van der Waals surface area (Å²) >= 11 is 0. The molecule has 1 aliphatic rings. The SMILES string of the molecule is CC(C)CCC1(C#N)CCOC1=O. The molecule has 13 heavy (non-hydrogen) atoms. The van der Waals surface area contributed by atoms with Crippen molar-refractivity contribution in [3.8, 4) is 6.07 Å². The fourth-order valence-corrected chi connectivity index (χ4v) is 1.48. The van der Waals surface area contributed by atoms with Crippen LogP contribution in [0, 0.1) is 22.7 Å². The number of cyclic esters (lactones) is 1. The Balaban J connectivity index is 2.61. The number of nitrogens with zero attached hydrogens (tertiary/aromatic N) is 1. The lowest BCUT2D eigenvalue weighted by molar-refractivity contribution is -0.144. The normalized spacial score (nSPS) is 27.4. The molecule has 1 heterocycles. The molecule has 0 aromatic carbocycles. The summed E-state index contributed by atoms with van der Waals surface area (Å²) in [5.41, 5.74) is -0.829. The van der Waals surface area contributed by atoms with Gasteiger partial charge in [-0.3, -0.25) is 4.79 Å². The maximum Gasteiger partial charge on any atom is 0.326 e. The Morgan fingerprint density at radius 3 is 2.77 bits per heavy atom. The number of carbonyl (C=O) groups excluding carboxylic acids is 1. The minimum absolute atomic E-state index is 0.323. The fourth-order valence-electron chi connectivity index (χ4n) is 1.48. The second-order valence-electron chi connectivity index (χ2n) is 4.01. The zero-order chi connectivity index (χ0) is 9.90. The Hall–Kier alpha value is -1.04. The molecule has 1 aliphatic heterocycles. The maximum absolute atomic E-state index is 11.3. The summed E-state index contributed by atoms with van der Waals surface area (Å²) in [4.78, 5) is 11.3. The summed E-state index contributed by atoms with van der Waals surface area (Å²) < 4.78 is 4.83. The molecular weight excluding hydrogens is 166 g/mol. The van der Waals surface area contributed by atoms with Crippen LogP contribution in [0.2, 0.25) is 0 Å². The van der Waals surface area contributed by atoms with E-state index in [1.807, 2.05) is 0 Å². The molecule has 1 atom stereocenters. The highest BCUT2D eigenvalue weighted by molar-refractivity contribution is 5.81. The van der Waals surface area contributed by atoms with Gasteiger partial charge in [-0.25, -0.2) is 0 Å². The molecule has 0 aliphatic carbocycles. The third-order valence-corrected chi connectivity index (χ3v) is 2.52. The number of nitriles is 1. The van der Waals surface area contributed by atoms with E-state index in [0.29, 0.717) is 25.4 Å². The summed E-state index contributed by atoms with van der Waals surface area (Å²) in [6, 6.07) is 2.11. The third-order valence-electron chi connectivity index (χ3n) is 2.52. The van der Waals surface area contributed by atoms with Crippen LogP contribution < -0.4 is 0 Å². The van der Waals surface area contributed by atoms with Crippen molar-refractivity contribution in [2.24, 2.45) is 11.3 Å². The molecular formula is C10H15NO2. The Morgan fingerprint density at radius 2 is 2.38 bits per heavy atom. The van der Waals surface area contributed by atoms with Gasteiger partial charge in [-0.2, -0.15) is 5.26 Å². The van der Waals surface area contributed by atoms with E-state index < -0.39 is 5.41 Å². The highest BCUT2D eigenvalue weighted by Gasteiger charge is 2.44. The molecule has 0 N–H and O–H groups in total. The van der Waals surface area contributed by atoms with E-state index >= 15 is 0 Å². The summed E-state index contributed by atoms with van der Waals surface area (Å²) in [5, 5.41) is 8.95. The van der Waals surface area contributed by atoms with Crippen molar-refractivity contribution in [3.05, 3.63) is 0 Å². The predicted octanol–water partition coefficient (Wildman–Crippen LogP) is 1.88. The van der Waals surface area contributed by atoms with E-state index in [4.69, 9.17) is 10.00 Å². The van der Waals surface area contributed by atoms with Gasteiger partial charge in [0, 0.05) is 6.42 Å². The van der Waals surface area contributed by atoms with Crippen molar-refractivity contribution in [1.29, 1.82) is 5.26 Å². The van der Waals surface area contributed by atoms with Crippen molar-refractivity contribution >= 4 is 5.97 Å². The lowest BCUT2D eigenvalue weighted by atomic mass is 9.82. The van der Waals surface area contributed by atoms with Crippen LogP contribution >= 0.6 is 0 Å². The van der Waals surface area contributed by atoms with E-state index in [1.54, 1.807) is 0 Å². The Labute approximate surface area is 78.7 Å². The molecule has 3 heteroatoms. The van der Waals surface area contributed by atoms with E-state index in [0.717, 1.165) is 6.42 Å². The molecule has 1 fully saturated rings. The monoisotopic (exact) mass is 181 g/mol. The van der Waals surface area contributed by atoms with Crippen LogP contribution in [0.1, 0.15) is 33.1 Å². The van der Waals surface area contributed by atoms with Crippen LogP contribution in [0.5, 0.6) is 0 Å². The largest absolute Gasteiger partial charge is 0.464 e. The molecule has 0 radical (unpaired) electrons. The molecule has 72 valence electrons. The Kier molecular flexibility index (Phi) is 2.92. The first-order valence-electron chi connectivity index (χ1n) is 4.69. The number of rotatable bonds is 3. The van der Waals surface area contributed by atoms with E-state index in [1.165, 1.54) is 0 Å². The number of ether oxygens (including phenoxy) is 1. The zero-order valence-corrected chi connectivity index (χ0v) is 8.17. The molecule has 0 aromatic heterocycles. The van der Waals surface area contributed by atoms with Crippen LogP contribution in [0.15, 0.2) is 0 Å². The summed E-state index contributed by atoms with van der Waals surface area (Å²) in [7, 11) is 0. The zero-order valence-electron chi connectivity index (χ0n) is 8.17. The van der Waals surface area contributed by atoms with Gasteiger partial charge >= 0.3 is 5.97 Å². The minimum Gasteiger partial charge on any atom is -0.464 e. The van der Waals surface area contributed by atoms with Gasteiger partial charge in [0.15, 0.2) is 5.41 Å². The van der Waals surface area contributed by atoms with Crippen LogP contribution in [0.4, 0.5) is 0 Å². The molecule has 1 saturated heterocycles. The van der Waals surface area contributed by atoms with Crippen molar-refractivity contribution in [2.45, 2.75) is 33.1 Å². The lowest BCUT2D eigenvalue weighted by Crippen LogP contribution is -2.24. The first kappa shape index (κ1) is 10.0. The van der Waals surface area contributed by atoms with Crippen LogP contribution in [-0.4, -0.2) is 12.6 Å². The highest BCUT2D eigenvalue weighted by atomic mass is 16.5. The molecule has 1 rings (SSSR count). The highest BCUT2D eigenvalue weighted by Crippen LogP contribution is 2.35. The van der Waals surface area contributed by atoms with Crippen molar-refractivity contribution in [2.75, 3.05) is 6.61 Å². The number of hydrogen-bond acceptors (Lipinski definition) is 3. The topological polar surface area (TPSA) is 50.1 Å². The van der Waals surface area contributed by atoms with Gasteiger partial charge in [-0.05, 0) is 18.8 Å². The van der Waals surface area contributed by atoms with Gasteiger partial charge in [0.1, 0.15) is 0 Å². The lowest BCUT2D eigenvalue weighted by Gasteiger charge is -2.16. The number of carbonyl (C=O) groups is 1. The van der Waals surface area contributed by atoms with Crippen molar-refractivity contribution < 1.29 is 9.53 Å². The summed E-state index contributed by atoms with van der Waals surface area (Å²) in [6.45, 7) is 4.58. The quantitative estimate of drug-likeness (QED) is 0.624. The van der Waals surface area contributed by atoms with E-state index in [-0.39, 0.29) is 5.97 Å². The average Bonchev–Trinajstić information content (AvgIpc) is 2.45. The molecule has 0 saturated carbocycles. The molecule has 0 amide bonds. The molecule has 1 unspecified atom stereocenters. The molecule has 0 spiro atoms. The average molecular weight is 181 g/mol. The van der Waals surface area contributed by atoms with E-state index in [9.17, 15) is 4.79 Å². The van der Waals surface area contributed by atoms with Gasteiger partial charge < -0.3 is 4.74 Å². The second kappa shape index (κ2) is 3.78.